The minimum atomic E-state index is -0.0686. The van der Waals surface area contributed by atoms with Crippen molar-refractivity contribution in [2.75, 3.05) is 25.5 Å². The highest BCUT2D eigenvalue weighted by Gasteiger charge is 2.02. The number of benzene rings is 1. The van der Waals surface area contributed by atoms with Crippen molar-refractivity contribution in [1.29, 1.82) is 0 Å². The van der Waals surface area contributed by atoms with Crippen LogP contribution in [0.15, 0.2) is 36.7 Å². The Morgan fingerprint density at radius 2 is 2.14 bits per heavy atom. The molecule has 0 aliphatic rings. The van der Waals surface area contributed by atoms with Crippen LogP contribution in [0.3, 0.4) is 0 Å². The number of hydrogen-bond donors (Lipinski definition) is 2. The first kappa shape index (κ1) is 15.0. The normalized spacial score (nSPS) is 10.3. The summed E-state index contributed by atoms with van der Waals surface area (Å²) < 4.78 is 6.82. The first-order valence-electron chi connectivity index (χ1n) is 6.76. The van der Waals surface area contributed by atoms with Gasteiger partial charge in [0.2, 0.25) is 5.91 Å². The third kappa shape index (κ3) is 5.23. The smallest absolute Gasteiger partial charge is 0.238 e. The maximum atomic E-state index is 11.7. The fourth-order valence-electron chi connectivity index (χ4n) is 1.80. The molecule has 0 bridgehead atoms. The standard InChI is InChI=1S/C14H19N5O2/c1-21-13-5-3-12(4-6-13)17-14(20)11-15-7-2-9-19-10-8-16-18-19/h3-6,8,10,15H,2,7,9,11H2,1H3,(H,17,20). The molecule has 0 saturated carbocycles. The molecule has 1 heterocycles. The molecule has 0 atom stereocenters. The van der Waals surface area contributed by atoms with Gasteiger partial charge in [-0.3, -0.25) is 9.48 Å². The Kier molecular flexibility index (Phi) is 5.71. The molecule has 0 aliphatic heterocycles. The molecular weight excluding hydrogens is 270 g/mol. The first-order valence-corrected chi connectivity index (χ1v) is 6.76. The first-order chi connectivity index (χ1) is 10.3. The van der Waals surface area contributed by atoms with E-state index in [9.17, 15) is 4.79 Å². The second kappa shape index (κ2) is 8.01. The molecule has 0 fully saturated rings. The molecule has 112 valence electrons. The lowest BCUT2D eigenvalue weighted by Gasteiger charge is -2.07. The van der Waals surface area contributed by atoms with Gasteiger partial charge in [0.1, 0.15) is 5.75 Å². The summed E-state index contributed by atoms with van der Waals surface area (Å²) in [4.78, 5) is 11.7. The highest BCUT2D eigenvalue weighted by Crippen LogP contribution is 2.14. The summed E-state index contributed by atoms with van der Waals surface area (Å²) in [5, 5.41) is 13.5. The van der Waals surface area contributed by atoms with Crippen molar-refractivity contribution in [2.45, 2.75) is 13.0 Å². The van der Waals surface area contributed by atoms with Gasteiger partial charge in [-0.25, -0.2) is 0 Å². The molecule has 0 unspecified atom stereocenters. The van der Waals surface area contributed by atoms with E-state index >= 15 is 0 Å². The Labute approximate surface area is 123 Å². The van der Waals surface area contributed by atoms with Crippen LogP contribution in [0.2, 0.25) is 0 Å². The number of hydrogen-bond acceptors (Lipinski definition) is 5. The number of anilines is 1. The molecular formula is C14H19N5O2. The highest BCUT2D eigenvalue weighted by atomic mass is 16.5. The Morgan fingerprint density at radius 3 is 2.81 bits per heavy atom. The van der Waals surface area contributed by atoms with Gasteiger partial charge >= 0.3 is 0 Å². The molecule has 0 spiro atoms. The van der Waals surface area contributed by atoms with Crippen molar-refractivity contribution < 1.29 is 9.53 Å². The summed E-state index contributed by atoms with van der Waals surface area (Å²) in [5.41, 5.74) is 0.755. The zero-order chi connectivity index (χ0) is 14.9. The molecule has 0 radical (unpaired) electrons. The third-order valence-corrected chi connectivity index (χ3v) is 2.87. The van der Waals surface area contributed by atoms with Crippen molar-refractivity contribution in [3.8, 4) is 5.75 Å². The van der Waals surface area contributed by atoms with Crippen molar-refractivity contribution in [1.82, 2.24) is 20.3 Å². The zero-order valence-electron chi connectivity index (χ0n) is 12.0. The van der Waals surface area contributed by atoms with E-state index < -0.39 is 0 Å². The fraction of sp³-hybridized carbons (Fsp3) is 0.357. The predicted molar refractivity (Wildman–Crippen MR) is 79.1 cm³/mol. The molecule has 1 aromatic heterocycles. The average molecular weight is 289 g/mol. The minimum absolute atomic E-state index is 0.0686. The second-order valence-electron chi connectivity index (χ2n) is 4.47. The molecule has 21 heavy (non-hydrogen) atoms. The van der Waals surface area contributed by atoms with E-state index in [0.717, 1.165) is 30.9 Å². The minimum Gasteiger partial charge on any atom is -0.497 e. The molecule has 1 amide bonds. The van der Waals surface area contributed by atoms with Gasteiger partial charge in [0.15, 0.2) is 0 Å². The van der Waals surface area contributed by atoms with Crippen LogP contribution in [-0.2, 0) is 11.3 Å². The van der Waals surface area contributed by atoms with Gasteiger partial charge in [0.05, 0.1) is 19.9 Å². The highest BCUT2D eigenvalue weighted by molar-refractivity contribution is 5.92. The number of carbonyl (C=O) groups excluding carboxylic acids is 1. The topological polar surface area (TPSA) is 81.1 Å². The Morgan fingerprint density at radius 1 is 1.33 bits per heavy atom. The number of rotatable bonds is 8. The van der Waals surface area contributed by atoms with Gasteiger partial charge in [-0.15, -0.1) is 5.10 Å². The lowest BCUT2D eigenvalue weighted by Crippen LogP contribution is -2.29. The SMILES string of the molecule is COc1ccc(NC(=O)CNCCCn2ccnn2)cc1. The summed E-state index contributed by atoms with van der Waals surface area (Å²) in [7, 11) is 1.61. The van der Waals surface area contributed by atoms with Crippen LogP contribution >= 0.6 is 0 Å². The lowest BCUT2D eigenvalue weighted by atomic mass is 10.3. The monoisotopic (exact) mass is 289 g/mol. The molecule has 7 nitrogen and oxygen atoms in total. The van der Waals surface area contributed by atoms with E-state index in [2.05, 4.69) is 20.9 Å². The quantitative estimate of drug-likeness (QED) is 0.706. The number of methoxy groups -OCH3 is 1. The van der Waals surface area contributed by atoms with E-state index in [1.54, 1.807) is 42.3 Å². The molecule has 2 aromatic rings. The second-order valence-corrected chi connectivity index (χ2v) is 4.47. The molecule has 2 N–H and O–H groups in total. The van der Waals surface area contributed by atoms with Crippen molar-refractivity contribution in [3.05, 3.63) is 36.7 Å². The van der Waals surface area contributed by atoms with Crippen molar-refractivity contribution in [2.24, 2.45) is 0 Å². The number of amides is 1. The summed E-state index contributed by atoms with van der Waals surface area (Å²) >= 11 is 0. The summed E-state index contributed by atoms with van der Waals surface area (Å²) in [5.74, 6) is 0.695. The number of nitrogens with one attached hydrogen (secondary N) is 2. The number of carbonyl (C=O) groups is 1. The van der Waals surface area contributed by atoms with Gasteiger partial charge in [0, 0.05) is 18.4 Å². The van der Waals surface area contributed by atoms with E-state index in [0.29, 0.717) is 0 Å². The average Bonchev–Trinajstić information content (AvgIpc) is 3.01. The van der Waals surface area contributed by atoms with Gasteiger partial charge in [-0.2, -0.15) is 0 Å². The Hall–Kier alpha value is -2.41. The van der Waals surface area contributed by atoms with E-state index in [-0.39, 0.29) is 12.5 Å². The van der Waals surface area contributed by atoms with Crippen LogP contribution in [0.5, 0.6) is 5.75 Å². The molecule has 2 rings (SSSR count). The number of ether oxygens (including phenoxy) is 1. The predicted octanol–water partition coefficient (Wildman–Crippen LogP) is 0.905. The van der Waals surface area contributed by atoms with Crippen LogP contribution in [0.1, 0.15) is 6.42 Å². The van der Waals surface area contributed by atoms with Crippen LogP contribution in [-0.4, -0.2) is 41.1 Å². The molecule has 0 saturated heterocycles. The third-order valence-electron chi connectivity index (χ3n) is 2.87. The molecule has 7 heteroatoms. The summed E-state index contributed by atoms with van der Waals surface area (Å²) in [6, 6.07) is 7.23. The van der Waals surface area contributed by atoms with Crippen LogP contribution in [0.4, 0.5) is 5.69 Å². The summed E-state index contributed by atoms with van der Waals surface area (Å²) in [6.45, 7) is 1.81. The molecule has 1 aromatic carbocycles. The lowest BCUT2D eigenvalue weighted by molar-refractivity contribution is -0.115. The Bertz CT molecular complexity index is 539. The largest absolute Gasteiger partial charge is 0.497 e. The maximum Gasteiger partial charge on any atom is 0.238 e. The van der Waals surface area contributed by atoms with Crippen molar-refractivity contribution in [3.63, 3.8) is 0 Å². The Balaban J connectivity index is 1.60. The fourth-order valence-corrected chi connectivity index (χ4v) is 1.80. The van der Waals surface area contributed by atoms with Crippen LogP contribution in [0, 0.1) is 0 Å². The van der Waals surface area contributed by atoms with E-state index in [4.69, 9.17) is 4.74 Å². The summed E-state index contributed by atoms with van der Waals surface area (Å²) in [6.07, 6.45) is 4.35. The van der Waals surface area contributed by atoms with Gasteiger partial charge < -0.3 is 15.4 Å². The van der Waals surface area contributed by atoms with Gasteiger partial charge in [-0.1, -0.05) is 5.21 Å². The molecule has 0 aliphatic carbocycles. The van der Waals surface area contributed by atoms with E-state index in [1.807, 2.05) is 6.20 Å². The van der Waals surface area contributed by atoms with Crippen LogP contribution < -0.4 is 15.4 Å². The maximum absolute atomic E-state index is 11.7. The number of nitrogens with zero attached hydrogens (tertiary/aromatic N) is 3. The van der Waals surface area contributed by atoms with Crippen LogP contribution in [0.25, 0.3) is 0 Å². The van der Waals surface area contributed by atoms with Gasteiger partial charge in [-0.05, 0) is 37.2 Å². The number of aryl methyl sites for hydroxylation is 1. The van der Waals surface area contributed by atoms with E-state index in [1.165, 1.54) is 0 Å². The van der Waals surface area contributed by atoms with Gasteiger partial charge in [0.25, 0.3) is 0 Å². The zero-order valence-corrected chi connectivity index (χ0v) is 12.0. The number of aromatic nitrogens is 3. The van der Waals surface area contributed by atoms with Crippen molar-refractivity contribution >= 4 is 11.6 Å².